The van der Waals surface area contributed by atoms with E-state index in [0.29, 0.717) is 0 Å². The highest BCUT2D eigenvalue weighted by atomic mass is 16.5. The van der Waals surface area contributed by atoms with Gasteiger partial charge in [0.2, 0.25) is 0 Å². The Morgan fingerprint density at radius 2 is 1.54 bits per heavy atom. The number of benzene rings is 3. The molecule has 1 N–H and O–H groups in total. The molecule has 0 saturated carbocycles. The Morgan fingerprint density at radius 3 is 2.19 bits per heavy atom. The van der Waals surface area contributed by atoms with E-state index in [0.717, 1.165) is 50.6 Å². The number of ether oxygens (including phenoxy) is 2. The van der Waals surface area contributed by atoms with Crippen LogP contribution in [0.5, 0.6) is 11.5 Å². The maximum atomic E-state index is 6.77. The Balaban J connectivity index is 1.31. The first-order chi connectivity index (χ1) is 17.8. The minimum absolute atomic E-state index is 0.218. The van der Waals surface area contributed by atoms with Gasteiger partial charge >= 0.3 is 0 Å². The summed E-state index contributed by atoms with van der Waals surface area (Å²) in [5, 5.41) is 3.73. The Labute approximate surface area is 222 Å². The number of hydrogen-bond donors (Lipinski definition) is 1. The molecule has 0 spiro atoms. The molecule has 0 aliphatic carbocycles. The van der Waals surface area contributed by atoms with Crippen LogP contribution in [-0.4, -0.2) is 44.9 Å². The normalized spacial score (nSPS) is 19.9. The third-order valence-corrected chi connectivity index (χ3v) is 8.61. The Hall–Kier alpha value is -3.18. The summed E-state index contributed by atoms with van der Waals surface area (Å²) in [6.45, 7) is 16.2. The zero-order valence-corrected chi connectivity index (χ0v) is 23.2. The fourth-order valence-electron chi connectivity index (χ4n) is 5.92. The summed E-state index contributed by atoms with van der Waals surface area (Å²) in [6.07, 6.45) is 0.928. The molecule has 3 aromatic rings. The SMILES string of the molecule is COc1ccc(N2CCN(c3c(C)c(C)c4c(c3C)CC(C)(C(C)NCc3ccccc3)O4)CC2)cc1. The van der Waals surface area contributed by atoms with Crippen molar-refractivity contribution in [2.75, 3.05) is 43.1 Å². The van der Waals surface area contributed by atoms with Crippen LogP contribution < -0.4 is 24.6 Å². The molecule has 3 aromatic carbocycles. The summed E-state index contributed by atoms with van der Waals surface area (Å²) >= 11 is 0. The molecule has 0 bridgehead atoms. The van der Waals surface area contributed by atoms with Gasteiger partial charge in [-0.3, -0.25) is 0 Å². The number of nitrogens with one attached hydrogen (secondary N) is 1. The zero-order valence-electron chi connectivity index (χ0n) is 23.2. The van der Waals surface area contributed by atoms with Gasteiger partial charge in [-0.1, -0.05) is 30.3 Å². The number of rotatable bonds is 7. The minimum atomic E-state index is -0.273. The van der Waals surface area contributed by atoms with Crippen molar-refractivity contribution in [2.45, 2.75) is 59.2 Å². The highest BCUT2D eigenvalue weighted by Crippen LogP contribution is 2.46. The van der Waals surface area contributed by atoms with Gasteiger partial charge in [0.1, 0.15) is 17.1 Å². The second-order valence-electron chi connectivity index (χ2n) is 10.9. The predicted molar refractivity (Wildman–Crippen MR) is 154 cm³/mol. The summed E-state index contributed by atoms with van der Waals surface area (Å²) in [4.78, 5) is 5.06. The highest BCUT2D eigenvalue weighted by molar-refractivity contribution is 5.70. The van der Waals surface area contributed by atoms with E-state index in [1.165, 1.54) is 39.2 Å². The van der Waals surface area contributed by atoms with Gasteiger partial charge in [0.05, 0.1) is 7.11 Å². The van der Waals surface area contributed by atoms with E-state index in [-0.39, 0.29) is 11.6 Å². The lowest BCUT2D eigenvalue weighted by molar-refractivity contribution is 0.0747. The van der Waals surface area contributed by atoms with E-state index in [1.807, 2.05) is 12.1 Å². The van der Waals surface area contributed by atoms with Crippen LogP contribution in [0.3, 0.4) is 0 Å². The summed E-state index contributed by atoms with van der Waals surface area (Å²) in [5.74, 6) is 2.01. The number of methoxy groups -OCH3 is 1. The lowest BCUT2D eigenvalue weighted by atomic mass is 9.88. The third kappa shape index (κ3) is 4.89. The molecule has 196 valence electrons. The van der Waals surface area contributed by atoms with Crippen molar-refractivity contribution in [3.8, 4) is 11.5 Å². The van der Waals surface area contributed by atoms with Gasteiger partial charge in [0.15, 0.2) is 0 Å². The summed E-state index contributed by atoms with van der Waals surface area (Å²) < 4.78 is 12.1. The number of fused-ring (bicyclic) bond motifs is 1. The van der Waals surface area contributed by atoms with Crippen LogP contribution in [-0.2, 0) is 13.0 Å². The monoisotopic (exact) mass is 499 g/mol. The van der Waals surface area contributed by atoms with Crippen molar-refractivity contribution in [3.63, 3.8) is 0 Å². The maximum Gasteiger partial charge on any atom is 0.127 e. The van der Waals surface area contributed by atoms with Gasteiger partial charge in [-0.25, -0.2) is 0 Å². The predicted octanol–water partition coefficient (Wildman–Crippen LogP) is 5.82. The van der Waals surface area contributed by atoms with Crippen LogP contribution in [0.15, 0.2) is 54.6 Å². The van der Waals surface area contributed by atoms with E-state index in [4.69, 9.17) is 9.47 Å². The van der Waals surface area contributed by atoms with E-state index in [1.54, 1.807) is 7.11 Å². The quantitative estimate of drug-likeness (QED) is 0.443. The first-order valence-electron chi connectivity index (χ1n) is 13.5. The van der Waals surface area contributed by atoms with Crippen molar-refractivity contribution in [1.29, 1.82) is 0 Å². The van der Waals surface area contributed by atoms with Crippen LogP contribution in [0.4, 0.5) is 11.4 Å². The van der Waals surface area contributed by atoms with Crippen LogP contribution in [0.1, 0.15) is 41.7 Å². The topological polar surface area (TPSA) is 37.0 Å². The molecular weight excluding hydrogens is 458 g/mol. The number of anilines is 2. The van der Waals surface area contributed by atoms with Crippen molar-refractivity contribution >= 4 is 11.4 Å². The third-order valence-electron chi connectivity index (χ3n) is 8.61. The molecule has 0 radical (unpaired) electrons. The van der Waals surface area contributed by atoms with Crippen LogP contribution in [0.2, 0.25) is 0 Å². The molecule has 5 rings (SSSR count). The molecule has 1 fully saturated rings. The minimum Gasteiger partial charge on any atom is -0.497 e. The van der Waals surface area contributed by atoms with Crippen molar-refractivity contribution in [2.24, 2.45) is 0 Å². The second kappa shape index (κ2) is 10.3. The first kappa shape index (κ1) is 25.5. The Bertz CT molecular complexity index is 1230. The van der Waals surface area contributed by atoms with Crippen LogP contribution in [0, 0.1) is 20.8 Å². The van der Waals surface area contributed by atoms with E-state index >= 15 is 0 Å². The van der Waals surface area contributed by atoms with Gasteiger partial charge in [-0.2, -0.15) is 0 Å². The molecule has 0 amide bonds. The van der Waals surface area contributed by atoms with Crippen molar-refractivity contribution < 1.29 is 9.47 Å². The molecule has 1 saturated heterocycles. The molecule has 2 heterocycles. The molecule has 2 aliphatic heterocycles. The molecule has 5 heteroatoms. The van der Waals surface area contributed by atoms with Crippen LogP contribution >= 0.6 is 0 Å². The first-order valence-corrected chi connectivity index (χ1v) is 13.5. The Kier molecular flexibility index (Phi) is 7.09. The molecule has 5 nitrogen and oxygen atoms in total. The average Bonchev–Trinajstić information content (AvgIpc) is 3.31. The largest absolute Gasteiger partial charge is 0.497 e. The maximum absolute atomic E-state index is 6.77. The van der Waals surface area contributed by atoms with E-state index in [2.05, 4.69) is 92.2 Å². The van der Waals surface area contributed by atoms with Gasteiger partial charge in [0, 0.05) is 62.1 Å². The summed E-state index contributed by atoms with van der Waals surface area (Å²) in [7, 11) is 1.71. The van der Waals surface area contributed by atoms with E-state index < -0.39 is 0 Å². The average molecular weight is 500 g/mol. The molecule has 37 heavy (non-hydrogen) atoms. The second-order valence-corrected chi connectivity index (χ2v) is 10.9. The van der Waals surface area contributed by atoms with Crippen molar-refractivity contribution in [1.82, 2.24) is 5.32 Å². The number of nitrogens with zero attached hydrogens (tertiary/aromatic N) is 2. The standard InChI is InChI=1S/C32H41N3O2/c1-22-23(2)31-29(20-32(5,37-31)25(4)33-21-26-10-8-7-9-11-26)24(3)30(22)35-18-16-34(17-19-35)27-12-14-28(36-6)15-13-27/h7-15,25,33H,16-21H2,1-6H3. The van der Waals surface area contributed by atoms with Gasteiger partial charge < -0.3 is 24.6 Å². The molecular formula is C32H41N3O2. The summed E-state index contributed by atoms with van der Waals surface area (Å²) in [6, 6.07) is 19.2. The fraction of sp³-hybridized carbons (Fsp3) is 0.438. The lowest BCUT2D eigenvalue weighted by Gasteiger charge is -2.39. The molecule has 2 aliphatic rings. The van der Waals surface area contributed by atoms with E-state index in [9.17, 15) is 0 Å². The van der Waals surface area contributed by atoms with Gasteiger partial charge in [-0.15, -0.1) is 0 Å². The van der Waals surface area contributed by atoms with Gasteiger partial charge in [-0.05, 0) is 81.1 Å². The molecule has 0 aromatic heterocycles. The summed E-state index contributed by atoms with van der Waals surface area (Å²) in [5.41, 5.74) is 9.10. The smallest absolute Gasteiger partial charge is 0.127 e. The Morgan fingerprint density at radius 1 is 0.892 bits per heavy atom. The van der Waals surface area contributed by atoms with Crippen molar-refractivity contribution in [3.05, 3.63) is 82.4 Å². The number of hydrogen-bond acceptors (Lipinski definition) is 5. The lowest BCUT2D eigenvalue weighted by Crippen LogP contribution is -2.50. The molecule has 2 unspecified atom stereocenters. The highest BCUT2D eigenvalue weighted by Gasteiger charge is 2.42. The van der Waals surface area contributed by atoms with Crippen LogP contribution in [0.25, 0.3) is 0 Å². The zero-order chi connectivity index (χ0) is 26.2. The van der Waals surface area contributed by atoms with Gasteiger partial charge in [0.25, 0.3) is 0 Å². The molecule has 2 atom stereocenters. The number of piperazine rings is 1. The fourth-order valence-corrected chi connectivity index (χ4v) is 5.92.